The Labute approximate surface area is 143 Å². The fourth-order valence-electron chi connectivity index (χ4n) is 2.22. The standard InChI is InChI=1S/C15H25N3O2.HI/c1-5-16-14(18-12-6-7-12)17-9-15(4,19)13-8-10(2)20-11(13)3;/h8,12,19H,5-7,9H2,1-4H3,(H2,16,17,18);1H. The molecule has 1 atom stereocenters. The van der Waals surface area contributed by atoms with E-state index in [0.717, 1.165) is 29.6 Å². The first-order valence-corrected chi connectivity index (χ1v) is 7.27. The highest BCUT2D eigenvalue weighted by Crippen LogP contribution is 2.27. The SMILES string of the molecule is CCNC(=NCC(C)(O)c1cc(C)oc1C)NC1CC1.I. The van der Waals surface area contributed by atoms with Gasteiger partial charge in [0.2, 0.25) is 0 Å². The van der Waals surface area contributed by atoms with Gasteiger partial charge in [-0.3, -0.25) is 0 Å². The Morgan fingerprint density at radius 2 is 2.14 bits per heavy atom. The average molecular weight is 407 g/mol. The molecule has 1 heterocycles. The van der Waals surface area contributed by atoms with Crippen LogP contribution in [0.2, 0.25) is 0 Å². The van der Waals surface area contributed by atoms with Crippen molar-refractivity contribution in [3.05, 3.63) is 23.2 Å². The van der Waals surface area contributed by atoms with Crippen LogP contribution in [0.4, 0.5) is 0 Å². The van der Waals surface area contributed by atoms with E-state index in [2.05, 4.69) is 15.6 Å². The van der Waals surface area contributed by atoms with E-state index in [1.54, 1.807) is 6.92 Å². The molecule has 3 N–H and O–H groups in total. The predicted octanol–water partition coefficient (Wildman–Crippen LogP) is 2.44. The highest BCUT2D eigenvalue weighted by atomic mass is 127. The molecular formula is C15H26IN3O2. The summed E-state index contributed by atoms with van der Waals surface area (Å²) in [4.78, 5) is 4.49. The lowest BCUT2D eigenvalue weighted by molar-refractivity contribution is 0.0657. The van der Waals surface area contributed by atoms with Crippen molar-refractivity contribution in [3.63, 3.8) is 0 Å². The van der Waals surface area contributed by atoms with Crippen LogP contribution >= 0.6 is 24.0 Å². The van der Waals surface area contributed by atoms with Crippen molar-refractivity contribution in [2.45, 2.75) is 52.2 Å². The minimum absolute atomic E-state index is 0. The second kappa shape index (κ2) is 7.49. The highest BCUT2D eigenvalue weighted by Gasteiger charge is 2.28. The lowest BCUT2D eigenvalue weighted by Crippen LogP contribution is -2.40. The van der Waals surface area contributed by atoms with Crippen LogP contribution < -0.4 is 10.6 Å². The second-order valence-electron chi connectivity index (χ2n) is 5.71. The number of nitrogens with one attached hydrogen (secondary N) is 2. The summed E-state index contributed by atoms with van der Waals surface area (Å²) in [5.74, 6) is 2.33. The van der Waals surface area contributed by atoms with Gasteiger partial charge >= 0.3 is 0 Å². The molecule has 2 rings (SSSR count). The topological polar surface area (TPSA) is 69.8 Å². The van der Waals surface area contributed by atoms with Crippen molar-refractivity contribution < 1.29 is 9.52 Å². The van der Waals surface area contributed by atoms with E-state index in [-0.39, 0.29) is 24.0 Å². The third kappa shape index (κ3) is 5.18. The molecule has 1 saturated carbocycles. The van der Waals surface area contributed by atoms with E-state index in [1.807, 2.05) is 26.8 Å². The second-order valence-corrected chi connectivity index (χ2v) is 5.71. The van der Waals surface area contributed by atoms with Gasteiger partial charge in [-0.2, -0.15) is 0 Å². The summed E-state index contributed by atoms with van der Waals surface area (Å²) in [6, 6.07) is 2.42. The number of aryl methyl sites for hydroxylation is 2. The van der Waals surface area contributed by atoms with Crippen LogP contribution in [0.3, 0.4) is 0 Å². The molecule has 0 amide bonds. The van der Waals surface area contributed by atoms with Crippen molar-refractivity contribution in [1.29, 1.82) is 0 Å². The van der Waals surface area contributed by atoms with Crippen molar-refractivity contribution in [2.75, 3.05) is 13.1 Å². The first kappa shape index (κ1) is 18.3. The molecule has 0 radical (unpaired) electrons. The molecule has 1 aliphatic rings. The number of rotatable bonds is 5. The monoisotopic (exact) mass is 407 g/mol. The molecule has 0 aliphatic heterocycles. The van der Waals surface area contributed by atoms with Crippen LogP contribution in [0, 0.1) is 13.8 Å². The molecule has 1 fully saturated rings. The van der Waals surface area contributed by atoms with E-state index in [9.17, 15) is 5.11 Å². The lowest BCUT2D eigenvalue weighted by Gasteiger charge is -2.21. The molecule has 1 aromatic rings. The van der Waals surface area contributed by atoms with Gasteiger partial charge in [0.25, 0.3) is 0 Å². The maximum Gasteiger partial charge on any atom is 0.191 e. The zero-order valence-corrected chi connectivity index (χ0v) is 15.5. The third-order valence-electron chi connectivity index (χ3n) is 3.43. The van der Waals surface area contributed by atoms with Gasteiger partial charge in [0.1, 0.15) is 17.1 Å². The molecule has 0 bridgehead atoms. The summed E-state index contributed by atoms with van der Waals surface area (Å²) in [6.45, 7) is 8.67. The maximum atomic E-state index is 10.6. The largest absolute Gasteiger partial charge is 0.466 e. The molecule has 0 spiro atoms. The number of halogens is 1. The summed E-state index contributed by atoms with van der Waals surface area (Å²) in [7, 11) is 0. The number of hydrogen-bond acceptors (Lipinski definition) is 3. The molecule has 0 aromatic carbocycles. The molecule has 1 aromatic heterocycles. The van der Waals surface area contributed by atoms with Gasteiger partial charge in [-0.15, -0.1) is 24.0 Å². The Hall–Kier alpha value is -0.760. The normalized spacial score (nSPS) is 17.9. The molecule has 6 heteroatoms. The fourth-order valence-corrected chi connectivity index (χ4v) is 2.22. The number of furan rings is 1. The van der Waals surface area contributed by atoms with E-state index in [4.69, 9.17) is 4.42 Å². The number of aliphatic hydroxyl groups is 1. The number of hydrogen-bond donors (Lipinski definition) is 3. The summed E-state index contributed by atoms with van der Waals surface area (Å²) in [5, 5.41) is 17.2. The van der Waals surface area contributed by atoms with Gasteiger partial charge in [-0.25, -0.2) is 4.99 Å². The minimum atomic E-state index is -1.02. The van der Waals surface area contributed by atoms with Crippen molar-refractivity contribution >= 4 is 29.9 Å². The summed E-state index contributed by atoms with van der Waals surface area (Å²) < 4.78 is 5.49. The van der Waals surface area contributed by atoms with Crippen LogP contribution in [-0.4, -0.2) is 30.2 Å². The Bertz CT molecular complexity index is 493. The van der Waals surface area contributed by atoms with Gasteiger partial charge in [-0.05, 0) is 46.6 Å². The molecule has 120 valence electrons. The summed E-state index contributed by atoms with van der Waals surface area (Å²) in [6.07, 6.45) is 2.39. The fraction of sp³-hybridized carbons (Fsp3) is 0.667. The molecule has 0 saturated heterocycles. The van der Waals surface area contributed by atoms with Gasteiger partial charge in [0, 0.05) is 18.2 Å². The third-order valence-corrected chi connectivity index (χ3v) is 3.43. The van der Waals surface area contributed by atoms with E-state index in [0.29, 0.717) is 12.6 Å². The average Bonchev–Trinajstić information content (AvgIpc) is 3.10. The van der Waals surface area contributed by atoms with Crippen LogP contribution in [-0.2, 0) is 5.60 Å². The van der Waals surface area contributed by atoms with Crippen LogP contribution in [0.5, 0.6) is 0 Å². The first-order chi connectivity index (χ1) is 9.42. The van der Waals surface area contributed by atoms with Gasteiger partial charge < -0.3 is 20.2 Å². The summed E-state index contributed by atoms with van der Waals surface area (Å²) in [5.41, 5.74) is -0.214. The molecule has 21 heavy (non-hydrogen) atoms. The zero-order chi connectivity index (χ0) is 14.8. The van der Waals surface area contributed by atoms with E-state index >= 15 is 0 Å². The van der Waals surface area contributed by atoms with E-state index in [1.165, 1.54) is 12.8 Å². The Morgan fingerprint density at radius 1 is 1.48 bits per heavy atom. The predicted molar refractivity (Wildman–Crippen MR) is 95.3 cm³/mol. The van der Waals surface area contributed by atoms with Gasteiger partial charge in [0.05, 0.1) is 6.54 Å². The smallest absolute Gasteiger partial charge is 0.191 e. The molecular weight excluding hydrogens is 381 g/mol. The maximum absolute atomic E-state index is 10.6. The summed E-state index contributed by atoms with van der Waals surface area (Å²) >= 11 is 0. The zero-order valence-electron chi connectivity index (χ0n) is 13.2. The first-order valence-electron chi connectivity index (χ1n) is 7.27. The Morgan fingerprint density at radius 3 is 2.62 bits per heavy atom. The van der Waals surface area contributed by atoms with Gasteiger partial charge in [0.15, 0.2) is 5.96 Å². The van der Waals surface area contributed by atoms with Crippen LogP contribution in [0.25, 0.3) is 0 Å². The van der Waals surface area contributed by atoms with Crippen molar-refractivity contribution in [1.82, 2.24) is 10.6 Å². The Kier molecular flexibility index (Phi) is 6.52. The van der Waals surface area contributed by atoms with Gasteiger partial charge in [-0.1, -0.05) is 0 Å². The highest BCUT2D eigenvalue weighted by molar-refractivity contribution is 14.0. The Balaban J connectivity index is 0.00000220. The molecule has 1 unspecified atom stereocenters. The number of aliphatic imine (C=N–C) groups is 1. The number of guanidine groups is 1. The number of nitrogens with zero attached hydrogens (tertiary/aromatic N) is 1. The van der Waals surface area contributed by atoms with E-state index < -0.39 is 5.60 Å². The lowest BCUT2D eigenvalue weighted by atomic mass is 9.96. The molecule has 1 aliphatic carbocycles. The molecule has 5 nitrogen and oxygen atoms in total. The van der Waals surface area contributed by atoms with Crippen molar-refractivity contribution in [3.8, 4) is 0 Å². The quantitative estimate of drug-likeness (QED) is 0.399. The van der Waals surface area contributed by atoms with Crippen LogP contribution in [0.15, 0.2) is 15.5 Å². The van der Waals surface area contributed by atoms with Crippen LogP contribution in [0.1, 0.15) is 43.8 Å². The van der Waals surface area contributed by atoms with Crippen molar-refractivity contribution in [2.24, 2.45) is 4.99 Å². The minimum Gasteiger partial charge on any atom is -0.466 e.